The predicted octanol–water partition coefficient (Wildman–Crippen LogP) is 5.34. The Morgan fingerprint density at radius 2 is 1.43 bits per heavy atom. The van der Waals surface area contributed by atoms with Crippen LogP contribution in [0.1, 0.15) is 123 Å². The molecule has 1 aliphatic rings. The van der Waals surface area contributed by atoms with Gasteiger partial charge in [-0.1, -0.05) is 102 Å². The fourth-order valence-corrected chi connectivity index (χ4v) is 5.61. The van der Waals surface area contributed by atoms with Crippen LogP contribution in [0.4, 0.5) is 0 Å². The lowest BCUT2D eigenvalue weighted by Crippen LogP contribution is -2.60. The molecule has 1 rings (SSSR count). The first-order chi connectivity index (χ1) is 22.6. The molecule has 0 aromatic rings. The second-order valence-corrected chi connectivity index (χ2v) is 13.2. The molecule has 13 heteroatoms. The van der Waals surface area contributed by atoms with Gasteiger partial charge in [-0.15, -0.1) is 0 Å². The Morgan fingerprint density at radius 1 is 0.809 bits per heavy atom. The van der Waals surface area contributed by atoms with Crippen LogP contribution in [0.2, 0.25) is 0 Å². The first kappa shape index (κ1) is 43.6. The average Bonchev–Trinajstić information content (AvgIpc) is 3.03. The third kappa shape index (κ3) is 22.0. The van der Waals surface area contributed by atoms with E-state index in [0.717, 1.165) is 64.2 Å². The van der Waals surface area contributed by atoms with E-state index in [4.69, 9.17) is 23.5 Å². The van der Waals surface area contributed by atoms with Gasteiger partial charge < -0.3 is 34.3 Å². The highest BCUT2D eigenvalue weighted by atomic mass is 32.3. The van der Waals surface area contributed by atoms with Gasteiger partial charge in [0.15, 0.2) is 6.29 Å². The summed E-state index contributed by atoms with van der Waals surface area (Å²) in [5.41, 5.74) is 0. The van der Waals surface area contributed by atoms with Crippen molar-refractivity contribution in [2.75, 3.05) is 26.4 Å². The van der Waals surface area contributed by atoms with Gasteiger partial charge in [0.1, 0.15) is 30.5 Å². The molecule has 1 heterocycles. The summed E-state index contributed by atoms with van der Waals surface area (Å²) in [6.07, 6.45) is 16.8. The largest absolute Gasteiger partial charge is 0.457 e. The molecule has 1 aliphatic heterocycles. The standard InChI is InChI=1S/C34H62O12S/c1-3-5-7-9-11-12-13-14-15-16-17-18-19-21-23-30(36)44-28(26-42-24-22-20-10-8-6-4-2)27-43-34-32(38)33(46-47(39,40)41)31(37)29(25-35)45-34/h9,11,13-14,28-29,31-35,37-38H,3-8,10,12,15-27H2,1-2H3,(H,39,40,41)/b11-9-,14-13-. The van der Waals surface area contributed by atoms with Crippen molar-refractivity contribution in [1.82, 2.24) is 0 Å². The van der Waals surface area contributed by atoms with E-state index < -0.39 is 59.8 Å². The fraction of sp³-hybridized carbons (Fsp3) is 0.853. The molecule has 0 aromatic carbocycles. The van der Waals surface area contributed by atoms with Crippen molar-refractivity contribution in [3.8, 4) is 0 Å². The lowest BCUT2D eigenvalue weighted by molar-refractivity contribution is -0.301. The summed E-state index contributed by atoms with van der Waals surface area (Å²) < 4.78 is 58.4. The Balaban J connectivity index is 2.52. The molecule has 1 saturated heterocycles. The van der Waals surface area contributed by atoms with Gasteiger partial charge in [-0.25, -0.2) is 4.18 Å². The van der Waals surface area contributed by atoms with E-state index in [9.17, 15) is 28.5 Å². The maximum absolute atomic E-state index is 12.7. The number of rotatable bonds is 29. The summed E-state index contributed by atoms with van der Waals surface area (Å²) in [5, 5.41) is 30.4. The van der Waals surface area contributed by atoms with Crippen molar-refractivity contribution >= 4 is 16.4 Å². The molecular formula is C34H62O12S. The fourth-order valence-electron chi connectivity index (χ4n) is 5.10. The van der Waals surface area contributed by atoms with Crippen LogP contribution in [-0.4, -0.2) is 97.5 Å². The van der Waals surface area contributed by atoms with Crippen molar-refractivity contribution < 1.29 is 56.2 Å². The van der Waals surface area contributed by atoms with Crippen LogP contribution in [0.15, 0.2) is 24.3 Å². The van der Waals surface area contributed by atoms with Gasteiger partial charge >= 0.3 is 16.4 Å². The lowest BCUT2D eigenvalue weighted by Gasteiger charge is -2.41. The van der Waals surface area contributed by atoms with Crippen molar-refractivity contribution in [3.05, 3.63) is 24.3 Å². The van der Waals surface area contributed by atoms with Crippen LogP contribution in [0.3, 0.4) is 0 Å². The maximum atomic E-state index is 12.7. The third-order valence-electron chi connectivity index (χ3n) is 7.83. The number of carbonyl (C=O) groups excluding carboxylic acids is 1. The summed E-state index contributed by atoms with van der Waals surface area (Å²) in [4.78, 5) is 12.7. The smallest absolute Gasteiger partial charge is 0.397 e. The Morgan fingerprint density at radius 3 is 2.09 bits per heavy atom. The first-order valence-electron chi connectivity index (χ1n) is 17.6. The minimum absolute atomic E-state index is 0.0303. The molecule has 4 N–H and O–H groups in total. The molecule has 0 aromatic heterocycles. The number of allylic oxidation sites excluding steroid dienone is 4. The predicted molar refractivity (Wildman–Crippen MR) is 179 cm³/mol. The number of unbranched alkanes of at least 4 members (excludes halogenated alkanes) is 12. The van der Waals surface area contributed by atoms with Gasteiger partial charge in [-0.2, -0.15) is 8.42 Å². The number of esters is 1. The van der Waals surface area contributed by atoms with E-state index in [1.54, 1.807) is 0 Å². The summed E-state index contributed by atoms with van der Waals surface area (Å²) in [5.74, 6) is -0.418. The van der Waals surface area contributed by atoms with Gasteiger partial charge in [-0.05, 0) is 38.5 Å². The van der Waals surface area contributed by atoms with Crippen molar-refractivity contribution in [2.45, 2.75) is 160 Å². The average molecular weight is 695 g/mol. The molecule has 0 saturated carbocycles. The number of hydrogen-bond donors (Lipinski definition) is 4. The molecule has 6 unspecified atom stereocenters. The summed E-state index contributed by atoms with van der Waals surface area (Å²) >= 11 is 0. The van der Waals surface area contributed by atoms with Crippen LogP contribution in [0.25, 0.3) is 0 Å². The van der Waals surface area contributed by atoms with Crippen LogP contribution < -0.4 is 0 Å². The quantitative estimate of drug-likeness (QED) is 0.0342. The van der Waals surface area contributed by atoms with Gasteiger partial charge in [0, 0.05) is 13.0 Å². The number of aliphatic hydroxyl groups excluding tert-OH is 3. The Kier molecular flexibility index (Phi) is 25.4. The highest BCUT2D eigenvalue weighted by Crippen LogP contribution is 2.26. The molecule has 0 aliphatic carbocycles. The molecular weight excluding hydrogens is 632 g/mol. The molecule has 0 spiro atoms. The van der Waals surface area contributed by atoms with E-state index in [2.05, 4.69) is 42.3 Å². The maximum Gasteiger partial charge on any atom is 0.397 e. The van der Waals surface area contributed by atoms with Crippen LogP contribution in [0, 0.1) is 0 Å². The van der Waals surface area contributed by atoms with E-state index in [1.165, 1.54) is 32.1 Å². The minimum atomic E-state index is -5.05. The highest BCUT2D eigenvalue weighted by molar-refractivity contribution is 7.80. The molecule has 47 heavy (non-hydrogen) atoms. The first-order valence-corrected chi connectivity index (χ1v) is 19.0. The summed E-state index contributed by atoms with van der Waals surface area (Å²) in [6.45, 7) is 3.83. The van der Waals surface area contributed by atoms with Crippen molar-refractivity contribution in [2.24, 2.45) is 0 Å². The van der Waals surface area contributed by atoms with E-state index in [-0.39, 0.29) is 19.6 Å². The summed E-state index contributed by atoms with van der Waals surface area (Å²) in [6, 6.07) is 0. The second kappa shape index (κ2) is 27.4. The molecule has 6 atom stereocenters. The minimum Gasteiger partial charge on any atom is -0.457 e. The van der Waals surface area contributed by atoms with Gasteiger partial charge in [0.25, 0.3) is 0 Å². The number of aliphatic hydroxyl groups is 3. The molecule has 0 amide bonds. The zero-order chi connectivity index (χ0) is 34.8. The Labute approximate surface area is 282 Å². The SMILES string of the molecule is CCCC/C=C\C/C=C\CCCCCCCC(=O)OC(COCCCCCCCC)COC1OC(CO)C(O)C(OS(=O)(=O)O)C1O. The van der Waals surface area contributed by atoms with Gasteiger partial charge in [0.2, 0.25) is 0 Å². The van der Waals surface area contributed by atoms with Crippen molar-refractivity contribution in [1.29, 1.82) is 0 Å². The molecule has 276 valence electrons. The van der Waals surface area contributed by atoms with Crippen LogP contribution in [0.5, 0.6) is 0 Å². The van der Waals surface area contributed by atoms with Crippen LogP contribution in [-0.2, 0) is 38.3 Å². The zero-order valence-corrected chi connectivity index (χ0v) is 29.4. The molecule has 0 radical (unpaired) electrons. The van der Waals surface area contributed by atoms with E-state index >= 15 is 0 Å². The normalized spacial score (nSPS) is 22.7. The van der Waals surface area contributed by atoms with E-state index in [1.807, 2.05) is 0 Å². The zero-order valence-electron chi connectivity index (χ0n) is 28.6. The third-order valence-corrected chi connectivity index (χ3v) is 8.29. The second-order valence-electron chi connectivity index (χ2n) is 12.1. The molecule has 0 bridgehead atoms. The Bertz CT molecular complexity index is 941. The monoisotopic (exact) mass is 694 g/mol. The molecule has 1 fully saturated rings. The number of carbonyl (C=O) groups is 1. The number of ether oxygens (including phenoxy) is 4. The number of hydrogen-bond acceptors (Lipinski definition) is 11. The van der Waals surface area contributed by atoms with Gasteiger partial charge in [-0.3, -0.25) is 9.35 Å². The van der Waals surface area contributed by atoms with Crippen molar-refractivity contribution in [3.63, 3.8) is 0 Å². The lowest BCUT2D eigenvalue weighted by atomic mass is 9.99. The topological polar surface area (TPSA) is 178 Å². The van der Waals surface area contributed by atoms with Gasteiger partial charge in [0.05, 0.1) is 19.8 Å². The van der Waals surface area contributed by atoms with Crippen LogP contribution >= 0.6 is 0 Å². The Hall–Kier alpha value is -1.42. The molecule has 12 nitrogen and oxygen atoms in total. The highest BCUT2D eigenvalue weighted by Gasteiger charge is 2.48. The van der Waals surface area contributed by atoms with E-state index in [0.29, 0.717) is 13.0 Å². The summed E-state index contributed by atoms with van der Waals surface area (Å²) in [7, 11) is -5.05.